The highest BCUT2D eigenvalue weighted by atomic mass is 16.5. The van der Waals surface area contributed by atoms with Gasteiger partial charge in [0.2, 0.25) is 0 Å². The summed E-state index contributed by atoms with van der Waals surface area (Å²) in [7, 11) is 2.11. The molecule has 2 fully saturated rings. The number of hydrogen-bond donors (Lipinski definition) is 2. The number of piperazine rings is 1. The molecule has 6 heteroatoms. The molecule has 0 aromatic heterocycles. The van der Waals surface area contributed by atoms with Gasteiger partial charge in [0.1, 0.15) is 0 Å². The van der Waals surface area contributed by atoms with Gasteiger partial charge in [-0.15, -0.1) is 0 Å². The predicted octanol–water partition coefficient (Wildman–Crippen LogP) is 3.44. The molecule has 0 saturated carbocycles. The summed E-state index contributed by atoms with van der Waals surface area (Å²) in [5.41, 5.74) is 4.33. The number of rotatable bonds is 6. The lowest BCUT2D eigenvalue weighted by atomic mass is 9.86. The first-order chi connectivity index (χ1) is 14.2. The molecule has 2 aliphatic rings. The van der Waals surface area contributed by atoms with Crippen molar-refractivity contribution in [3.8, 4) is 0 Å². The van der Waals surface area contributed by atoms with Crippen molar-refractivity contribution in [2.75, 3.05) is 32.0 Å². The summed E-state index contributed by atoms with van der Waals surface area (Å²) in [4.78, 5) is 16.8. The largest absolute Gasteiger partial charge is 0.356 e. The van der Waals surface area contributed by atoms with Crippen LogP contribution in [0.4, 0.5) is 11.4 Å². The lowest BCUT2D eigenvalue weighted by Gasteiger charge is -2.60. The molecule has 0 radical (unpaired) electrons. The Morgan fingerprint density at radius 1 is 1.03 bits per heavy atom. The van der Waals surface area contributed by atoms with Gasteiger partial charge in [0.25, 0.3) is 5.91 Å². The fourth-order valence-electron chi connectivity index (χ4n) is 4.18. The third-order valence-electron chi connectivity index (χ3n) is 6.33. The van der Waals surface area contributed by atoms with Gasteiger partial charge in [-0.25, -0.2) is 5.06 Å². The smallest absolute Gasteiger partial charge is 0.260 e. The molecule has 0 bridgehead atoms. The van der Waals surface area contributed by atoms with Crippen molar-refractivity contribution in [3.05, 3.63) is 59.7 Å². The molecular weight excluding hydrogens is 376 g/mol. The third kappa shape index (κ3) is 4.36. The number of hydrogen-bond acceptors (Lipinski definition) is 5. The van der Waals surface area contributed by atoms with E-state index in [0.29, 0.717) is 12.1 Å². The molecule has 2 heterocycles. The summed E-state index contributed by atoms with van der Waals surface area (Å²) >= 11 is 0. The second-order valence-electron chi connectivity index (χ2n) is 9.60. The summed E-state index contributed by atoms with van der Waals surface area (Å²) in [6.07, 6.45) is 0. The zero-order valence-corrected chi connectivity index (χ0v) is 18.3. The first-order valence-electron chi connectivity index (χ1n) is 10.6. The van der Waals surface area contributed by atoms with Crippen molar-refractivity contribution in [2.45, 2.75) is 44.8 Å². The van der Waals surface area contributed by atoms with Gasteiger partial charge < -0.3 is 5.32 Å². The number of likely N-dealkylation sites (tertiary alicyclic amines) is 2. The van der Waals surface area contributed by atoms with Crippen LogP contribution in [-0.2, 0) is 16.8 Å². The van der Waals surface area contributed by atoms with E-state index >= 15 is 0 Å². The van der Waals surface area contributed by atoms with Crippen molar-refractivity contribution in [1.29, 1.82) is 0 Å². The van der Waals surface area contributed by atoms with Gasteiger partial charge in [-0.2, -0.15) is 0 Å². The molecule has 2 N–H and O–H groups in total. The van der Waals surface area contributed by atoms with E-state index < -0.39 is 0 Å². The topological polar surface area (TPSA) is 59.0 Å². The van der Waals surface area contributed by atoms with Crippen molar-refractivity contribution < 1.29 is 10.0 Å². The van der Waals surface area contributed by atoms with Crippen LogP contribution in [0.15, 0.2) is 48.5 Å². The van der Waals surface area contributed by atoms with E-state index in [1.807, 2.05) is 24.3 Å². The van der Waals surface area contributed by atoms with Crippen LogP contribution in [0.25, 0.3) is 0 Å². The van der Waals surface area contributed by atoms with E-state index in [2.05, 4.69) is 67.2 Å². The molecule has 2 atom stereocenters. The molecule has 2 aliphatic heterocycles. The molecule has 4 rings (SSSR count). The van der Waals surface area contributed by atoms with E-state index in [9.17, 15) is 10.0 Å². The minimum Gasteiger partial charge on any atom is -0.356 e. The van der Waals surface area contributed by atoms with Crippen molar-refractivity contribution in [3.63, 3.8) is 0 Å². The lowest BCUT2D eigenvalue weighted by Crippen LogP contribution is -2.78. The SMILES string of the molecule is CN1CC2[C@H]1CN2CC(=O)N(O)Cc1ccc(Nc2ccc(C(C)(C)C)cc2)cc1. The van der Waals surface area contributed by atoms with Gasteiger partial charge in [-0.3, -0.25) is 19.8 Å². The minimum atomic E-state index is -0.246. The number of hydroxylamine groups is 2. The average Bonchev–Trinajstić information content (AvgIpc) is 2.70. The number of anilines is 2. The Labute approximate surface area is 179 Å². The Balaban J connectivity index is 1.27. The number of carbonyl (C=O) groups is 1. The number of amides is 1. The Kier molecular flexibility index (Phi) is 5.57. The highest BCUT2D eigenvalue weighted by Crippen LogP contribution is 2.31. The number of nitrogens with zero attached hydrogens (tertiary/aromatic N) is 3. The van der Waals surface area contributed by atoms with E-state index in [-0.39, 0.29) is 24.4 Å². The second-order valence-corrected chi connectivity index (χ2v) is 9.60. The Hall–Kier alpha value is -2.41. The van der Waals surface area contributed by atoms with Gasteiger partial charge in [-0.05, 0) is 47.9 Å². The summed E-state index contributed by atoms with van der Waals surface area (Å²) in [6.45, 7) is 9.02. The van der Waals surface area contributed by atoms with Crippen LogP contribution in [-0.4, -0.2) is 64.7 Å². The third-order valence-corrected chi connectivity index (χ3v) is 6.33. The van der Waals surface area contributed by atoms with Crippen LogP contribution in [0.2, 0.25) is 0 Å². The molecule has 1 unspecified atom stereocenters. The van der Waals surface area contributed by atoms with Crippen LogP contribution >= 0.6 is 0 Å². The first kappa shape index (κ1) is 20.8. The Morgan fingerprint density at radius 2 is 1.63 bits per heavy atom. The van der Waals surface area contributed by atoms with Crippen LogP contribution < -0.4 is 5.32 Å². The maximum atomic E-state index is 12.3. The van der Waals surface area contributed by atoms with E-state index in [4.69, 9.17) is 0 Å². The normalized spacial score (nSPS) is 21.4. The number of nitrogens with one attached hydrogen (secondary N) is 1. The van der Waals surface area contributed by atoms with Gasteiger partial charge in [0.05, 0.1) is 13.1 Å². The summed E-state index contributed by atoms with van der Waals surface area (Å²) in [5.74, 6) is -0.246. The molecule has 160 valence electrons. The van der Waals surface area contributed by atoms with Gasteiger partial charge in [-0.1, -0.05) is 45.0 Å². The number of fused-ring (bicyclic) bond motifs is 1. The van der Waals surface area contributed by atoms with E-state index in [1.54, 1.807) is 0 Å². The van der Waals surface area contributed by atoms with Crippen LogP contribution in [0.5, 0.6) is 0 Å². The van der Waals surface area contributed by atoms with Gasteiger partial charge in [0, 0.05) is 36.5 Å². The monoisotopic (exact) mass is 408 g/mol. The first-order valence-corrected chi connectivity index (χ1v) is 10.6. The number of benzene rings is 2. The maximum absolute atomic E-state index is 12.3. The summed E-state index contributed by atoms with van der Waals surface area (Å²) < 4.78 is 0. The quantitative estimate of drug-likeness (QED) is 0.566. The summed E-state index contributed by atoms with van der Waals surface area (Å²) in [5, 5.41) is 14.4. The molecular formula is C24H32N4O2. The van der Waals surface area contributed by atoms with E-state index in [0.717, 1.165) is 35.1 Å². The molecule has 2 aromatic rings. The molecule has 30 heavy (non-hydrogen) atoms. The zero-order valence-electron chi connectivity index (χ0n) is 18.3. The fourth-order valence-corrected chi connectivity index (χ4v) is 4.18. The number of likely N-dealkylation sites (N-methyl/N-ethyl adjacent to an activating group) is 1. The Bertz CT molecular complexity index is 889. The Morgan fingerprint density at radius 3 is 2.13 bits per heavy atom. The maximum Gasteiger partial charge on any atom is 0.260 e. The molecule has 1 amide bonds. The molecule has 2 aromatic carbocycles. The van der Waals surface area contributed by atoms with Crippen molar-refractivity contribution in [2.24, 2.45) is 0 Å². The minimum absolute atomic E-state index is 0.138. The molecule has 0 aliphatic carbocycles. The zero-order chi connectivity index (χ0) is 21.5. The standard InChI is InChI=1S/C24H32N4O2/c1-24(2,3)18-7-11-20(12-8-18)25-19-9-5-17(6-10-19)13-28(30)23(29)16-27-15-21-22(27)14-26(21)4/h5-12,21-22,25,30H,13-16H2,1-4H3/t21-,22?/m1/s1. The highest BCUT2D eigenvalue weighted by Gasteiger charge is 2.50. The predicted molar refractivity (Wildman–Crippen MR) is 119 cm³/mol. The molecule has 6 nitrogen and oxygen atoms in total. The lowest BCUT2D eigenvalue weighted by molar-refractivity contribution is -0.178. The van der Waals surface area contributed by atoms with Crippen molar-refractivity contribution in [1.82, 2.24) is 14.9 Å². The van der Waals surface area contributed by atoms with Gasteiger partial charge in [0.15, 0.2) is 0 Å². The van der Waals surface area contributed by atoms with Crippen LogP contribution in [0.3, 0.4) is 0 Å². The second kappa shape index (κ2) is 8.02. The van der Waals surface area contributed by atoms with Crippen LogP contribution in [0.1, 0.15) is 31.9 Å². The number of carbonyl (C=O) groups excluding carboxylic acids is 1. The molecule has 2 saturated heterocycles. The highest BCUT2D eigenvalue weighted by molar-refractivity contribution is 5.77. The fraction of sp³-hybridized carbons (Fsp3) is 0.458. The van der Waals surface area contributed by atoms with Gasteiger partial charge >= 0.3 is 0 Å². The molecule has 0 spiro atoms. The summed E-state index contributed by atoms with van der Waals surface area (Å²) in [6, 6.07) is 17.3. The van der Waals surface area contributed by atoms with E-state index in [1.165, 1.54) is 5.56 Å². The average molecular weight is 409 g/mol. The van der Waals surface area contributed by atoms with Crippen LogP contribution in [0, 0.1) is 0 Å². The van der Waals surface area contributed by atoms with Crippen molar-refractivity contribution >= 4 is 17.3 Å².